The summed E-state index contributed by atoms with van der Waals surface area (Å²) in [5, 5.41) is 12.3. The van der Waals surface area contributed by atoms with Gasteiger partial charge in [-0.25, -0.2) is 4.79 Å². The molecule has 0 radical (unpaired) electrons. The molecule has 0 aliphatic rings. The van der Waals surface area contributed by atoms with Crippen LogP contribution in [0.15, 0.2) is 67.0 Å². The molecule has 0 fully saturated rings. The summed E-state index contributed by atoms with van der Waals surface area (Å²) < 4.78 is 0. The molecule has 2 aromatic carbocycles. The Hall–Kier alpha value is -3.08. The quantitative estimate of drug-likeness (QED) is 0.689. The van der Waals surface area contributed by atoms with Crippen LogP contribution in [0.2, 0.25) is 0 Å². The second-order valence-corrected chi connectivity index (χ2v) is 4.86. The first kappa shape index (κ1) is 13.9. The van der Waals surface area contributed by atoms with E-state index in [-0.39, 0.29) is 6.03 Å². The number of aromatic nitrogens is 2. The summed E-state index contributed by atoms with van der Waals surface area (Å²) in [4.78, 5) is 11.9. The zero-order chi connectivity index (χ0) is 15.2. The van der Waals surface area contributed by atoms with Crippen molar-refractivity contribution in [1.29, 1.82) is 0 Å². The van der Waals surface area contributed by atoms with Crippen LogP contribution >= 0.6 is 0 Å². The highest BCUT2D eigenvalue weighted by Crippen LogP contribution is 2.19. The average molecular weight is 292 g/mol. The van der Waals surface area contributed by atoms with Crippen molar-refractivity contribution in [1.82, 2.24) is 15.5 Å². The van der Waals surface area contributed by atoms with Crippen molar-refractivity contribution in [3.05, 3.63) is 72.6 Å². The number of amides is 2. The SMILES string of the molecule is O=C(NCc1ccccc1)Nc1ccc(-c2cn[nH]c2)cc1. The first-order valence-corrected chi connectivity index (χ1v) is 6.99. The van der Waals surface area contributed by atoms with Gasteiger partial charge in [0.05, 0.1) is 6.20 Å². The van der Waals surface area contributed by atoms with E-state index in [0.29, 0.717) is 6.54 Å². The topological polar surface area (TPSA) is 69.8 Å². The third-order valence-electron chi connectivity index (χ3n) is 3.27. The third kappa shape index (κ3) is 3.52. The number of H-pyrrole nitrogens is 1. The molecule has 0 bridgehead atoms. The van der Waals surface area contributed by atoms with Crippen LogP contribution in [0, 0.1) is 0 Å². The molecule has 110 valence electrons. The molecular weight excluding hydrogens is 276 g/mol. The maximum Gasteiger partial charge on any atom is 0.319 e. The minimum absolute atomic E-state index is 0.222. The van der Waals surface area contributed by atoms with Crippen molar-refractivity contribution in [2.45, 2.75) is 6.54 Å². The van der Waals surface area contributed by atoms with E-state index in [1.54, 1.807) is 6.20 Å². The number of hydrogen-bond donors (Lipinski definition) is 3. The van der Waals surface area contributed by atoms with Crippen LogP contribution in [0.4, 0.5) is 10.5 Å². The van der Waals surface area contributed by atoms with Gasteiger partial charge in [-0.15, -0.1) is 0 Å². The maximum atomic E-state index is 11.9. The largest absolute Gasteiger partial charge is 0.334 e. The fourth-order valence-electron chi connectivity index (χ4n) is 2.11. The molecule has 1 aromatic heterocycles. The lowest BCUT2D eigenvalue weighted by Crippen LogP contribution is -2.28. The number of urea groups is 1. The zero-order valence-corrected chi connectivity index (χ0v) is 11.9. The van der Waals surface area contributed by atoms with Gasteiger partial charge in [-0.05, 0) is 23.3 Å². The lowest BCUT2D eigenvalue weighted by Gasteiger charge is -2.08. The van der Waals surface area contributed by atoms with Crippen molar-refractivity contribution in [3.63, 3.8) is 0 Å². The summed E-state index contributed by atoms with van der Waals surface area (Å²) >= 11 is 0. The van der Waals surface area contributed by atoms with Crippen LogP contribution in [0.5, 0.6) is 0 Å². The first-order valence-electron chi connectivity index (χ1n) is 6.99. The van der Waals surface area contributed by atoms with E-state index in [2.05, 4.69) is 20.8 Å². The number of hydrogen-bond acceptors (Lipinski definition) is 2. The Balaban J connectivity index is 1.55. The second kappa shape index (κ2) is 6.58. The summed E-state index contributed by atoms with van der Waals surface area (Å²) in [6.07, 6.45) is 3.59. The molecule has 3 rings (SSSR count). The Bertz CT molecular complexity index is 721. The van der Waals surface area contributed by atoms with Gasteiger partial charge in [0, 0.05) is 24.0 Å². The Kier molecular flexibility index (Phi) is 4.15. The lowest BCUT2D eigenvalue weighted by molar-refractivity contribution is 0.251. The molecule has 3 N–H and O–H groups in total. The minimum atomic E-state index is -0.222. The molecular formula is C17H16N4O. The Morgan fingerprint density at radius 2 is 1.77 bits per heavy atom. The summed E-state index contributed by atoms with van der Waals surface area (Å²) in [7, 11) is 0. The maximum absolute atomic E-state index is 11.9. The summed E-state index contributed by atoms with van der Waals surface area (Å²) in [6, 6.07) is 17.2. The Morgan fingerprint density at radius 3 is 2.45 bits per heavy atom. The van der Waals surface area contributed by atoms with Crippen LogP contribution in [0.25, 0.3) is 11.1 Å². The van der Waals surface area contributed by atoms with Crippen molar-refractivity contribution < 1.29 is 4.79 Å². The van der Waals surface area contributed by atoms with Crippen LogP contribution in [0.1, 0.15) is 5.56 Å². The molecule has 2 amide bonds. The predicted octanol–water partition coefficient (Wildman–Crippen LogP) is 3.40. The van der Waals surface area contributed by atoms with Crippen LogP contribution < -0.4 is 10.6 Å². The normalized spacial score (nSPS) is 10.2. The van der Waals surface area contributed by atoms with Crippen LogP contribution in [0.3, 0.4) is 0 Å². The fraction of sp³-hybridized carbons (Fsp3) is 0.0588. The van der Waals surface area contributed by atoms with E-state index in [0.717, 1.165) is 22.4 Å². The number of nitrogens with one attached hydrogen (secondary N) is 3. The van der Waals surface area contributed by atoms with Gasteiger partial charge in [0.1, 0.15) is 0 Å². The van der Waals surface area contributed by atoms with E-state index in [9.17, 15) is 4.79 Å². The summed E-state index contributed by atoms with van der Waals surface area (Å²) in [6.45, 7) is 0.500. The van der Waals surface area contributed by atoms with E-state index in [1.807, 2.05) is 60.8 Å². The highest BCUT2D eigenvalue weighted by molar-refractivity contribution is 5.89. The molecule has 5 heteroatoms. The highest BCUT2D eigenvalue weighted by Gasteiger charge is 2.03. The second-order valence-electron chi connectivity index (χ2n) is 4.86. The molecule has 22 heavy (non-hydrogen) atoms. The number of carbonyl (C=O) groups excluding carboxylic acids is 1. The third-order valence-corrected chi connectivity index (χ3v) is 3.27. The van der Waals surface area contributed by atoms with Gasteiger partial charge in [0.15, 0.2) is 0 Å². The summed E-state index contributed by atoms with van der Waals surface area (Å²) in [5.41, 5.74) is 3.87. The van der Waals surface area contributed by atoms with Gasteiger partial charge >= 0.3 is 6.03 Å². The van der Waals surface area contributed by atoms with Crippen molar-refractivity contribution in [2.24, 2.45) is 0 Å². The van der Waals surface area contributed by atoms with E-state index < -0.39 is 0 Å². The number of nitrogens with zero attached hydrogens (tertiary/aromatic N) is 1. The molecule has 0 saturated heterocycles. The van der Waals surface area contributed by atoms with Crippen molar-refractivity contribution in [2.75, 3.05) is 5.32 Å². The molecule has 5 nitrogen and oxygen atoms in total. The predicted molar refractivity (Wildman–Crippen MR) is 86.3 cm³/mol. The molecule has 0 aliphatic carbocycles. The van der Waals surface area contributed by atoms with Crippen LogP contribution in [-0.4, -0.2) is 16.2 Å². The standard InChI is InChI=1S/C17H16N4O/c22-17(18-10-13-4-2-1-3-5-13)21-16-8-6-14(7-9-16)15-11-19-20-12-15/h1-9,11-12H,10H2,(H,19,20)(H2,18,21,22). The molecule has 0 aliphatic heterocycles. The average Bonchev–Trinajstić information content (AvgIpc) is 3.09. The van der Waals surface area contributed by atoms with Gasteiger partial charge in [0.25, 0.3) is 0 Å². The van der Waals surface area contributed by atoms with Gasteiger partial charge in [-0.1, -0.05) is 42.5 Å². The number of carbonyl (C=O) groups is 1. The van der Waals surface area contributed by atoms with Gasteiger partial charge in [-0.2, -0.15) is 5.10 Å². The molecule has 0 spiro atoms. The van der Waals surface area contributed by atoms with Gasteiger partial charge in [0.2, 0.25) is 0 Å². The monoisotopic (exact) mass is 292 g/mol. The molecule has 1 heterocycles. The fourth-order valence-corrected chi connectivity index (χ4v) is 2.11. The molecule has 0 atom stereocenters. The van der Waals surface area contributed by atoms with Gasteiger partial charge in [-0.3, -0.25) is 5.10 Å². The minimum Gasteiger partial charge on any atom is -0.334 e. The Morgan fingerprint density at radius 1 is 1.00 bits per heavy atom. The molecule has 3 aromatic rings. The van der Waals surface area contributed by atoms with Crippen molar-refractivity contribution in [3.8, 4) is 11.1 Å². The van der Waals surface area contributed by atoms with E-state index in [1.165, 1.54) is 0 Å². The first-order chi connectivity index (χ1) is 10.8. The smallest absolute Gasteiger partial charge is 0.319 e. The number of anilines is 1. The molecule has 0 saturated carbocycles. The number of benzene rings is 2. The van der Waals surface area contributed by atoms with E-state index in [4.69, 9.17) is 0 Å². The lowest BCUT2D eigenvalue weighted by atomic mass is 10.1. The summed E-state index contributed by atoms with van der Waals surface area (Å²) in [5.74, 6) is 0. The zero-order valence-electron chi connectivity index (χ0n) is 11.9. The highest BCUT2D eigenvalue weighted by atomic mass is 16.2. The van der Waals surface area contributed by atoms with Crippen molar-refractivity contribution >= 4 is 11.7 Å². The number of rotatable bonds is 4. The van der Waals surface area contributed by atoms with Gasteiger partial charge < -0.3 is 10.6 Å². The van der Waals surface area contributed by atoms with E-state index >= 15 is 0 Å². The van der Waals surface area contributed by atoms with Crippen LogP contribution in [-0.2, 0) is 6.54 Å². The molecule has 0 unspecified atom stereocenters. The number of aromatic amines is 1. The Labute approximate surface area is 128 Å².